The number of anilines is 1. The van der Waals surface area contributed by atoms with Crippen LogP contribution in [0.5, 0.6) is 0 Å². The van der Waals surface area contributed by atoms with Crippen LogP contribution in [0.4, 0.5) is 5.82 Å². The second-order valence-corrected chi connectivity index (χ2v) is 5.64. The maximum Gasteiger partial charge on any atom is 0.159 e. The Labute approximate surface area is 130 Å². The molecule has 3 nitrogen and oxygen atoms in total. The Kier molecular flexibility index (Phi) is 3.85. The molecule has 20 heavy (non-hydrogen) atoms. The summed E-state index contributed by atoms with van der Waals surface area (Å²) >= 11 is 9.52. The molecule has 0 spiro atoms. The first kappa shape index (κ1) is 13.3. The average molecular weight is 349 g/mol. The molecule has 0 radical (unpaired) electrons. The van der Waals surface area contributed by atoms with Gasteiger partial charge >= 0.3 is 0 Å². The predicted molar refractivity (Wildman–Crippen MR) is 86.0 cm³/mol. The van der Waals surface area contributed by atoms with Gasteiger partial charge in [0.25, 0.3) is 0 Å². The molecule has 1 heterocycles. The molecule has 100 valence electrons. The van der Waals surface area contributed by atoms with Gasteiger partial charge in [-0.15, -0.1) is 10.2 Å². The Morgan fingerprint density at radius 3 is 2.60 bits per heavy atom. The third-order valence-corrected chi connectivity index (χ3v) is 3.76. The summed E-state index contributed by atoms with van der Waals surface area (Å²) in [6.07, 6.45) is 0. The van der Waals surface area contributed by atoms with Crippen molar-refractivity contribution in [1.82, 2.24) is 10.2 Å². The lowest BCUT2D eigenvalue weighted by atomic mass is 10.2. The van der Waals surface area contributed by atoms with E-state index in [1.54, 1.807) is 0 Å². The first-order valence-corrected chi connectivity index (χ1v) is 7.30. The summed E-state index contributed by atoms with van der Waals surface area (Å²) in [4.78, 5) is 0. The van der Waals surface area contributed by atoms with E-state index in [4.69, 9.17) is 11.6 Å². The standard InChI is InChI=1S/C15H11BrClN3/c16-11-5-3-4-10(8-11)9-18-15-13-7-2-1-6-12(13)14(17)19-20-15/h1-8H,9H2,(H,18,20). The third-order valence-electron chi connectivity index (χ3n) is 2.99. The summed E-state index contributed by atoms with van der Waals surface area (Å²) in [5.41, 5.74) is 1.17. The van der Waals surface area contributed by atoms with Gasteiger partial charge in [-0.25, -0.2) is 0 Å². The second kappa shape index (κ2) is 5.77. The molecule has 2 aromatic carbocycles. The Hall–Kier alpha value is -1.65. The molecule has 0 saturated carbocycles. The summed E-state index contributed by atoms with van der Waals surface area (Å²) in [6, 6.07) is 16.0. The van der Waals surface area contributed by atoms with E-state index in [0.717, 1.165) is 21.1 Å². The van der Waals surface area contributed by atoms with Crippen molar-refractivity contribution in [3.05, 3.63) is 63.7 Å². The molecule has 3 rings (SSSR count). The summed E-state index contributed by atoms with van der Waals surface area (Å²) < 4.78 is 1.06. The zero-order chi connectivity index (χ0) is 13.9. The average Bonchev–Trinajstić information content (AvgIpc) is 2.47. The van der Waals surface area contributed by atoms with Crippen LogP contribution in [0.15, 0.2) is 53.0 Å². The summed E-state index contributed by atoms with van der Waals surface area (Å²) in [5.74, 6) is 0.741. The van der Waals surface area contributed by atoms with Gasteiger partial charge in [-0.3, -0.25) is 0 Å². The third kappa shape index (κ3) is 2.76. The molecule has 0 bridgehead atoms. The van der Waals surface area contributed by atoms with Crippen LogP contribution in [0, 0.1) is 0 Å². The van der Waals surface area contributed by atoms with E-state index in [1.165, 1.54) is 5.56 Å². The number of hydrogen-bond acceptors (Lipinski definition) is 3. The van der Waals surface area contributed by atoms with Crippen molar-refractivity contribution in [2.45, 2.75) is 6.54 Å². The molecule has 5 heteroatoms. The molecular weight excluding hydrogens is 338 g/mol. The van der Waals surface area contributed by atoms with Crippen molar-refractivity contribution in [1.29, 1.82) is 0 Å². The summed E-state index contributed by atoms with van der Waals surface area (Å²) in [7, 11) is 0. The molecule has 1 aromatic heterocycles. The van der Waals surface area contributed by atoms with Crippen LogP contribution in [-0.4, -0.2) is 10.2 Å². The van der Waals surface area contributed by atoms with E-state index in [0.29, 0.717) is 11.7 Å². The number of nitrogens with one attached hydrogen (secondary N) is 1. The van der Waals surface area contributed by atoms with Crippen molar-refractivity contribution in [3.8, 4) is 0 Å². The van der Waals surface area contributed by atoms with E-state index >= 15 is 0 Å². The molecule has 3 aromatic rings. The normalized spacial score (nSPS) is 10.7. The van der Waals surface area contributed by atoms with E-state index in [2.05, 4.69) is 43.6 Å². The smallest absolute Gasteiger partial charge is 0.159 e. The highest BCUT2D eigenvalue weighted by Crippen LogP contribution is 2.26. The van der Waals surface area contributed by atoms with E-state index in [9.17, 15) is 0 Å². The largest absolute Gasteiger partial charge is 0.364 e. The van der Waals surface area contributed by atoms with Crippen LogP contribution < -0.4 is 5.32 Å². The Balaban J connectivity index is 1.90. The lowest BCUT2D eigenvalue weighted by Crippen LogP contribution is -2.03. The second-order valence-electron chi connectivity index (χ2n) is 4.37. The van der Waals surface area contributed by atoms with Gasteiger partial charge in [0.1, 0.15) is 0 Å². The van der Waals surface area contributed by atoms with Gasteiger partial charge in [0.2, 0.25) is 0 Å². The van der Waals surface area contributed by atoms with Gasteiger partial charge in [-0.1, -0.05) is 63.9 Å². The van der Waals surface area contributed by atoms with Crippen molar-refractivity contribution < 1.29 is 0 Å². The van der Waals surface area contributed by atoms with Crippen molar-refractivity contribution in [3.63, 3.8) is 0 Å². The lowest BCUT2D eigenvalue weighted by Gasteiger charge is -2.09. The number of benzene rings is 2. The lowest BCUT2D eigenvalue weighted by molar-refractivity contribution is 1.02. The summed E-state index contributed by atoms with van der Waals surface area (Å²) in [6.45, 7) is 0.680. The fourth-order valence-corrected chi connectivity index (χ4v) is 2.68. The van der Waals surface area contributed by atoms with Crippen molar-refractivity contribution in [2.75, 3.05) is 5.32 Å². The van der Waals surface area contributed by atoms with Gasteiger partial charge in [0.15, 0.2) is 11.0 Å². The van der Waals surface area contributed by atoms with Crippen LogP contribution in [-0.2, 0) is 6.54 Å². The number of aromatic nitrogens is 2. The van der Waals surface area contributed by atoms with Crippen molar-refractivity contribution >= 4 is 44.1 Å². The van der Waals surface area contributed by atoms with Crippen LogP contribution in [0.1, 0.15) is 5.56 Å². The van der Waals surface area contributed by atoms with Gasteiger partial charge < -0.3 is 5.32 Å². The molecule has 0 unspecified atom stereocenters. The molecule has 1 N–H and O–H groups in total. The van der Waals surface area contributed by atoms with Crippen molar-refractivity contribution in [2.24, 2.45) is 0 Å². The highest BCUT2D eigenvalue weighted by Gasteiger charge is 2.06. The van der Waals surface area contributed by atoms with E-state index in [-0.39, 0.29) is 0 Å². The molecular formula is C15H11BrClN3. The van der Waals surface area contributed by atoms with Crippen LogP contribution >= 0.6 is 27.5 Å². The zero-order valence-electron chi connectivity index (χ0n) is 10.5. The topological polar surface area (TPSA) is 37.8 Å². The van der Waals surface area contributed by atoms with Crippen LogP contribution in [0.3, 0.4) is 0 Å². The van der Waals surface area contributed by atoms with Gasteiger partial charge in [0, 0.05) is 21.8 Å². The molecule has 0 aliphatic heterocycles. The Morgan fingerprint density at radius 1 is 1.00 bits per heavy atom. The highest BCUT2D eigenvalue weighted by molar-refractivity contribution is 9.10. The molecule has 0 saturated heterocycles. The highest BCUT2D eigenvalue weighted by atomic mass is 79.9. The Morgan fingerprint density at radius 2 is 1.80 bits per heavy atom. The van der Waals surface area contributed by atoms with E-state index < -0.39 is 0 Å². The number of nitrogens with zero attached hydrogens (tertiary/aromatic N) is 2. The first-order valence-electron chi connectivity index (χ1n) is 6.13. The van der Waals surface area contributed by atoms with Gasteiger partial charge in [-0.2, -0.15) is 0 Å². The molecule has 0 atom stereocenters. The van der Waals surface area contributed by atoms with Crippen LogP contribution in [0.2, 0.25) is 5.15 Å². The fraction of sp³-hybridized carbons (Fsp3) is 0.0667. The molecule has 0 amide bonds. The van der Waals surface area contributed by atoms with Crippen LogP contribution in [0.25, 0.3) is 10.8 Å². The molecule has 0 aliphatic carbocycles. The predicted octanol–water partition coefficient (Wildman–Crippen LogP) is 4.66. The maximum atomic E-state index is 6.06. The quantitative estimate of drug-likeness (QED) is 0.748. The SMILES string of the molecule is Clc1nnc(NCc2cccc(Br)c2)c2ccccc12. The molecule has 0 aliphatic rings. The van der Waals surface area contributed by atoms with Gasteiger partial charge in [0.05, 0.1) is 0 Å². The zero-order valence-corrected chi connectivity index (χ0v) is 12.8. The Bertz CT molecular complexity index is 761. The summed E-state index contributed by atoms with van der Waals surface area (Å²) in [5, 5.41) is 13.7. The number of hydrogen-bond donors (Lipinski definition) is 1. The number of fused-ring (bicyclic) bond motifs is 1. The minimum Gasteiger partial charge on any atom is -0.364 e. The minimum absolute atomic E-state index is 0.425. The van der Waals surface area contributed by atoms with Gasteiger partial charge in [-0.05, 0) is 17.7 Å². The number of rotatable bonds is 3. The maximum absolute atomic E-state index is 6.06. The first-order chi connectivity index (χ1) is 9.74. The molecule has 0 fully saturated rings. The number of halogens is 2. The fourth-order valence-electron chi connectivity index (χ4n) is 2.03. The monoisotopic (exact) mass is 347 g/mol. The minimum atomic E-state index is 0.425. The van der Waals surface area contributed by atoms with E-state index in [1.807, 2.05) is 36.4 Å².